The molecule has 0 aliphatic carbocycles. The van der Waals surface area contributed by atoms with Crippen molar-refractivity contribution < 1.29 is 0 Å². The minimum Gasteiger partial charge on any atom is -0.368 e. The first-order chi connectivity index (χ1) is 8.93. The van der Waals surface area contributed by atoms with Crippen LogP contribution in [-0.4, -0.2) is 19.6 Å². The minimum atomic E-state index is 0.431. The Morgan fingerprint density at radius 1 is 0.889 bits per heavy atom. The summed E-state index contributed by atoms with van der Waals surface area (Å²) >= 11 is 0. The summed E-state index contributed by atoms with van der Waals surface area (Å²) in [6.07, 6.45) is 0. The number of hydrogen-bond acceptors (Lipinski definition) is 2. The van der Waals surface area contributed by atoms with E-state index in [1.165, 1.54) is 11.3 Å². The van der Waals surface area contributed by atoms with E-state index in [-0.39, 0.29) is 0 Å². The highest BCUT2D eigenvalue weighted by Gasteiger charge is 2.20. The molecule has 1 aliphatic heterocycles. The molecule has 0 aromatic heterocycles. The maximum absolute atomic E-state index is 3.59. The molecule has 2 heteroatoms. The molecule has 1 heterocycles. The summed E-state index contributed by atoms with van der Waals surface area (Å²) in [7, 11) is 0. The van der Waals surface area contributed by atoms with Crippen molar-refractivity contribution in [3.63, 3.8) is 0 Å². The Balaban J connectivity index is 1.77. The van der Waals surface area contributed by atoms with Crippen molar-refractivity contribution in [3.05, 3.63) is 66.2 Å². The van der Waals surface area contributed by atoms with E-state index in [0.29, 0.717) is 6.04 Å². The van der Waals surface area contributed by atoms with Crippen LogP contribution in [0.15, 0.2) is 60.7 Å². The lowest BCUT2D eigenvalue weighted by atomic mass is 10.0. The molecule has 2 aromatic rings. The van der Waals surface area contributed by atoms with Gasteiger partial charge in [-0.2, -0.15) is 0 Å². The molecule has 1 fully saturated rings. The maximum Gasteiger partial charge on any atom is 0.0498 e. The molecule has 0 spiro atoms. The third-order valence-corrected chi connectivity index (χ3v) is 3.50. The highest BCUT2D eigenvalue weighted by molar-refractivity contribution is 5.47. The van der Waals surface area contributed by atoms with Gasteiger partial charge in [-0.1, -0.05) is 48.5 Å². The summed E-state index contributed by atoms with van der Waals surface area (Å²) in [5.41, 5.74) is 2.69. The number of nitrogens with one attached hydrogen (secondary N) is 1. The van der Waals surface area contributed by atoms with Crippen LogP contribution in [0.1, 0.15) is 11.6 Å². The Morgan fingerprint density at radius 2 is 1.56 bits per heavy atom. The van der Waals surface area contributed by atoms with Crippen molar-refractivity contribution in [3.8, 4) is 0 Å². The predicted molar refractivity (Wildman–Crippen MR) is 75.8 cm³/mol. The minimum absolute atomic E-state index is 0.431. The first kappa shape index (κ1) is 11.3. The van der Waals surface area contributed by atoms with Crippen LogP contribution in [0.2, 0.25) is 0 Å². The second-order valence-electron chi connectivity index (χ2n) is 4.70. The highest BCUT2D eigenvalue weighted by Crippen LogP contribution is 2.21. The molecule has 1 N–H and O–H groups in total. The Bertz CT molecular complexity index is 435. The fourth-order valence-corrected chi connectivity index (χ4v) is 2.53. The van der Waals surface area contributed by atoms with Crippen LogP contribution in [0.3, 0.4) is 0 Å². The standard InChI is InChI=1S/C16H18N2/c1-3-7-14(8-4-1)16-13-18(12-11-17-16)15-9-5-2-6-10-15/h1-10,16-17H,11-13H2. The third kappa shape index (κ3) is 2.39. The summed E-state index contributed by atoms with van der Waals surface area (Å²) in [6, 6.07) is 21.8. The number of anilines is 1. The molecule has 18 heavy (non-hydrogen) atoms. The van der Waals surface area contributed by atoms with E-state index in [1.54, 1.807) is 0 Å². The van der Waals surface area contributed by atoms with Crippen LogP contribution in [0.25, 0.3) is 0 Å². The van der Waals surface area contributed by atoms with Gasteiger partial charge in [-0.25, -0.2) is 0 Å². The summed E-state index contributed by atoms with van der Waals surface area (Å²) in [6.45, 7) is 3.15. The van der Waals surface area contributed by atoms with Gasteiger partial charge in [0.15, 0.2) is 0 Å². The maximum atomic E-state index is 3.59. The molecule has 1 atom stereocenters. The third-order valence-electron chi connectivity index (χ3n) is 3.50. The molecule has 92 valence electrons. The number of benzene rings is 2. The number of rotatable bonds is 2. The first-order valence-electron chi connectivity index (χ1n) is 6.52. The molecule has 0 radical (unpaired) electrons. The zero-order valence-corrected chi connectivity index (χ0v) is 10.4. The van der Waals surface area contributed by atoms with Gasteiger partial charge in [-0.05, 0) is 17.7 Å². The summed E-state index contributed by atoms with van der Waals surface area (Å²) < 4.78 is 0. The van der Waals surface area contributed by atoms with Crippen LogP contribution in [0, 0.1) is 0 Å². The molecular formula is C16H18N2. The first-order valence-corrected chi connectivity index (χ1v) is 6.52. The Labute approximate surface area is 108 Å². The molecule has 2 nitrogen and oxygen atoms in total. The van der Waals surface area contributed by atoms with Crippen molar-refractivity contribution in [2.75, 3.05) is 24.5 Å². The zero-order chi connectivity index (χ0) is 12.2. The van der Waals surface area contributed by atoms with E-state index in [4.69, 9.17) is 0 Å². The number of para-hydroxylation sites is 1. The fourth-order valence-electron chi connectivity index (χ4n) is 2.53. The molecule has 3 rings (SSSR count). The average Bonchev–Trinajstić information content (AvgIpc) is 2.49. The van der Waals surface area contributed by atoms with Gasteiger partial charge in [-0.3, -0.25) is 0 Å². The van der Waals surface area contributed by atoms with Crippen molar-refractivity contribution >= 4 is 5.69 Å². The summed E-state index contributed by atoms with van der Waals surface area (Å²) in [4.78, 5) is 2.45. The average molecular weight is 238 g/mol. The van der Waals surface area contributed by atoms with Crippen LogP contribution in [-0.2, 0) is 0 Å². The molecule has 0 bridgehead atoms. The van der Waals surface area contributed by atoms with Crippen molar-refractivity contribution in [2.45, 2.75) is 6.04 Å². The van der Waals surface area contributed by atoms with E-state index in [9.17, 15) is 0 Å². The van der Waals surface area contributed by atoms with Gasteiger partial charge in [-0.15, -0.1) is 0 Å². The second-order valence-corrected chi connectivity index (χ2v) is 4.70. The van der Waals surface area contributed by atoms with Crippen LogP contribution in [0.5, 0.6) is 0 Å². The van der Waals surface area contributed by atoms with E-state index in [1.807, 2.05) is 0 Å². The normalized spacial score (nSPS) is 19.8. The largest absolute Gasteiger partial charge is 0.368 e. The van der Waals surface area contributed by atoms with E-state index < -0.39 is 0 Å². The number of piperazine rings is 1. The van der Waals surface area contributed by atoms with Crippen LogP contribution in [0.4, 0.5) is 5.69 Å². The Kier molecular flexibility index (Phi) is 3.29. The molecule has 1 saturated heterocycles. The van der Waals surface area contributed by atoms with Gasteiger partial charge in [0.2, 0.25) is 0 Å². The predicted octanol–water partition coefficient (Wildman–Crippen LogP) is 2.84. The monoisotopic (exact) mass is 238 g/mol. The van der Waals surface area contributed by atoms with Crippen LogP contribution < -0.4 is 10.2 Å². The smallest absolute Gasteiger partial charge is 0.0498 e. The van der Waals surface area contributed by atoms with Gasteiger partial charge in [0, 0.05) is 31.4 Å². The van der Waals surface area contributed by atoms with Crippen molar-refractivity contribution in [2.24, 2.45) is 0 Å². The van der Waals surface area contributed by atoms with Crippen molar-refractivity contribution in [1.82, 2.24) is 5.32 Å². The number of nitrogens with zero attached hydrogens (tertiary/aromatic N) is 1. The Hall–Kier alpha value is -1.80. The summed E-state index contributed by atoms with van der Waals surface area (Å²) in [5.74, 6) is 0. The SMILES string of the molecule is c1ccc(C2CN(c3ccccc3)CCN2)cc1. The lowest BCUT2D eigenvalue weighted by molar-refractivity contribution is 0.472. The van der Waals surface area contributed by atoms with Gasteiger partial charge in [0.1, 0.15) is 0 Å². The van der Waals surface area contributed by atoms with Gasteiger partial charge in [0.25, 0.3) is 0 Å². The zero-order valence-electron chi connectivity index (χ0n) is 10.4. The topological polar surface area (TPSA) is 15.3 Å². The lowest BCUT2D eigenvalue weighted by Gasteiger charge is -2.35. The van der Waals surface area contributed by atoms with Gasteiger partial charge < -0.3 is 10.2 Å². The van der Waals surface area contributed by atoms with Gasteiger partial charge in [0.05, 0.1) is 0 Å². The highest BCUT2D eigenvalue weighted by atomic mass is 15.2. The molecule has 2 aromatic carbocycles. The molecule has 0 saturated carbocycles. The molecular weight excluding hydrogens is 220 g/mol. The fraction of sp³-hybridized carbons (Fsp3) is 0.250. The van der Waals surface area contributed by atoms with Gasteiger partial charge >= 0.3 is 0 Å². The molecule has 1 aliphatic rings. The molecule has 0 amide bonds. The Morgan fingerprint density at radius 3 is 2.28 bits per heavy atom. The van der Waals surface area contributed by atoms with Crippen LogP contribution >= 0.6 is 0 Å². The van der Waals surface area contributed by atoms with E-state index in [0.717, 1.165) is 19.6 Å². The van der Waals surface area contributed by atoms with E-state index >= 15 is 0 Å². The summed E-state index contributed by atoms with van der Waals surface area (Å²) in [5, 5.41) is 3.59. The van der Waals surface area contributed by atoms with Crippen molar-refractivity contribution in [1.29, 1.82) is 0 Å². The quantitative estimate of drug-likeness (QED) is 0.865. The van der Waals surface area contributed by atoms with E-state index in [2.05, 4.69) is 70.9 Å². The second kappa shape index (κ2) is 5.23. The molecule has 1 unspecified atom stereocenters. The number of hydrogen-bond donors (Lipinski definition) is 1. The lowest BCUT2D eigenvalue weighted by Crippen LogP contribution is -2.45.